The Bertz CT molecular complexity index is 602. The average molecular weight is 319 g/mol. The molecule has 2 amide bonds. The van der Waals surface area contributed by atoms with Gasteiger partial charge in [-0.1, -0.05) is 12.1 Å². The standard InChI is InChI=1S/C16H17NO6/c18-14-10-4-1-2-5-11(10)15(19)17(14)12(16(20)21)6-3-7-13-22-8-9-23-13/h1-2,4-5,12-13H,3,6-9H2,(H,20,21). The number of ether oxygens (including phenoxy) is 2. The lowest BCUT2D eigenvalue weighted by Crippen LogP contribution is -2.44. The predicted molar refractivity (Wildman–Crippen MR) is 77.9 cm³/mol. The average Bonchev–Trinajstić information content (AvgIpc) is 3.13. The maximum atomic E-state index is 12.4. The highest BCUT2D eigenvalue weighted by atomic mass is 16.7. The Morgan fingerprint density at radius 1 is 1.17 bits per heavy atom. The first kappa shape index (κ1) is 15.6. The summed E-state index contributed by atoms with van der Waals surface area (Å²) in [7, 11) is 0. The zero-order valence-electron chi connectivity index (χ0n) is 12.4. The molecule has 1 N–H and O–H groups in total. The van der Waals surface area contributed by atoms with E-state index in [0.717, 1.165) is 4.90 Å². The lowest BCUT2D eigenvalue weighted by atomic mass is 10.1. The van der Waals surface area contributed by atoms with Crippen molar-refractivity contribution in [3.8, 4) is 0 Å². The van der Waals surface area contributed by atoms with E-state index in [2.05, 4.69) is 0 Å². The van der Waals surface area contributed by atoms with Crippen LogP contribution in [0.1, 0.15) is 40.0 Å². The Labute approximate surface area is 132 Å². The number of carboxylic acid groups (broad SMARTS) is 1. The number of carbonyl (C=O) groups is 3. The molecule has 0 spiro atoms. The summed E-state index contributed by atoms with van der Waals surface area (Å²) >= 11 is 0. The van der Waals surface area contributed by atoms with Crippen LogP contribution in [0.25, 0.3) is 0 Å². The van der Waals surface area contributed by atoms with Crippen molar-refractivity contribution in [3.63, 3.8) is 0 Å². The molecule has 7 heteroatoms. The number of benzene rings is 1. The Morgan fingerprint density at radius 2 is 1.74 bits per heavy atom. The fourth-order valence-corrected chi connectivity index (χ4v) is 2.91. The van der Waals surface area contributed by atoms with E-state index in [1.165, 1.54) is 12.1 Å². The van der Waals surface area contributed by atoms with E-state index in [1.54, 1.807) is 12.1 Å². The summed E-state index contributed by atoms with van der Waals surface area (Å²) in [6.07, 6.45) is 0.859. The number of carboxylic acids is 1. The molecule has 7 nitrogen and oxygen atoms in total. The number of rotatable bonds is 6. The first-order chi connectivity index (χ1) is 11.1. The van der Waals surface area contributed by atoms with Gasteiger partial charge in [0.1, 0.15) is 6.04 Å². The SMILES string of the molecule is O=C(O)C(CCCC1OCCO1)N1C(=O)c2ccccc2C1=O. The molecule has 1 fully saturated rings. The van der Waals surface area contributed by atoms with Crippen LogP contribution in [0.3, 0.4) is 0 Å². The fourth-order valence-electron chi connectivity index (χ4n) is 2.91. The molecule has 0 aliphatic carbocycles. The lowest BCUT2D eigenvalue weighted by Gasteiger charge is -2.22. The number of fused-ring (bicyclic) bond motifs is 1. The molecule has 23 heavy (non-hydrogen) atoms. The van der Waals surface area contributed by atoms with Crippen molar-refractivity contribution < 1.29 is 29.0 Å². The van der Waals surface area contributed by atoms with Gasteiger partial charge in [-0.15, -0.1) is 0 Å². The number of carbonyl (C=O) groups excluding carboxylic acids is 2. The summed E-state index contributed by atoms with van der Waals surface area (Å²) < 4.78 is 10.6. The summed E-state index contributed by atoms with van der Waals surface area (Å²) in [5, 5.41) is 9.43. The topological polar surface area (TPSA) is 93.1 Å². The first-order valence-electron chi connectivity index (χ1n) is 7.52. The largest absolute Gasteiger partial charge is 0.480 e. The summed E-state index contributed by atoms with van der Waals surface area (Å²) in [6, 6.07) is 5.20. The highest BCUT2D eigenvalue weighted by Gasteiger charge is 2.42. The maximum absolute atomic E-state index is 12.4. The Balaban J connectivity index is 1.70. The van der Waals surface area contributed by atoms with Crippen molar-refractivity contribution >= 4 is 17.8 Å². The second-order valence-electron chi connectivity index (χ2n) is 5.48. The number of nitrogens with zero attached hydrogens (tertiary/aromatic N) is 1. The molecule has 0 bridgehead atoms. The first-order valence-corrected chi connectivity index (χ1v) is 7.52. The van der Waals surface area contributed by atoms with Crippen LogP contribution in [0, 0.1) is 0 Å². The molecular formula is C16H17NO6. The molecule has 1 atom stereocenters. The zero-order chi connectivity index (χ0) is 16.4. The van der Waals surface area contributed by atoms with Gasteiger partial charge in [-0.2, -0.15) is 0 Å². The quantitative estimate of drug-likeness (QED) is 0.794. The van der Waals surface area contributed by atoms with Crippen LogP contribution in [0.2, 0.25) is 0 Å². The van der Waals surface area contributed by atoms with Gasteiger partial charge in [0.2, 0.25) is 0 Å². The predicted octanol–water partition coefficient (Wildman–Crippen LogP) is 1.28. The van der Waals surface area contributed by atoms with Gasteiger partial charge in [0.15, 0.2) is 6.29 Å². The van der Waals surface area contributed by atoms with E-state index in [4.69, 9.17) is 9.47 Å². The Hall–Kier alpha value is -2.25. The van der Waals surface area contributed by atoms with Crippen molar-refractivity contribution in [2.24, 2.45) is 0 Å². The van der Waals surface area contributed by atoms with E-state index in [9.17, 15) is 19.5 Å². The van der Waals surface area contributed by atoms with Crippen molar-refractivity contribution in [1.29, 1.82) is 0 Å². The molecule has 1 aromatic rings. The van der Waals surface area contributed by atoms with E-state index in [1.807, 2.05) is 0 Å². The van der Waals surface area contributed by atoms with Gasteiger partial charge in [0.05, 0.1) is 24.3 Å². The van der Waals surface area contributed by atoms with Crippen molar-refractivity contribution in [3.05, 3.63) is 35.4 Å². The second-order valence-corrected chi connectivity index (χ2v) is 5.48. The van der Waals surface area contributed by atoms with Crippen molar-refractivity contribution in [1.82, 2.24) is 4.90 Å². The molecule has 2 heterocycles. The summed E-state index contributed by atoms with van der Waals surface area (Å²) in [5.41, 5.74) is 0.511. The lowest BCUT2D eigenvalue weighted by molar-refractivity contribution is -0.142. The summed E-state index contributed by atoms with van der Waals surface area (Å²) in [6.45, 7) is 1.07. The van der Waals surface area contributed by atoms with Gasteiger partial charge < -0.3 is 14.6 Å². The number of imide groups is 1. The minimum absolute atomic E-state index is 0.171. The third-order valence-electron chi connectivity index (χ3n) is 4.03. The molecule has 2 aliphatic heterocycles. The van der Waals surface area contributed by atoms with Gasteiger partial charge in [-0.05, 0) is 31.4 Å². The number of hydrogen-bond donors (Lipinski definition) is 1. The minimum Gasteiger partial charge on any atom is -0.480 e. The smallest absolute Gasteiger partial charge is 0.326 e. The van der Waals surface area contributed by atoms with E-state index >= 15 is 0 Å². The molecule has 0 saturated carbocycles. The van der Waals surface area contributed by atoms with Crippen LogP contribution in [0.5, 0.6) is 0 Å². The molecule has 0 radical (unpaired) electrons. The third kappa shape index (κ3) is 2.97. The summed E-state index contributed by atoms with van der Waals surface area (Å²) in [4.78, 5) is 37.1. The van der Waals surface area contributed by atoms with Gasteiger partial charge in [0, 0.05) is 0 Å². The molecule has 1 unspecified atom stereocenters. The Kier molecular flexibility index (Phi) is 4.40. The molecule has 122 valence electrons. The van der Waals surface area contributed by atoms with Crippen molar-refractivity contribution in [2.45, 2.75) is 31.6 Å². The minimum atomic E-state index is -1.19. The van der Waals surface area contributed by atoms with Crippen LogP contribution in [0.15, 0.2) is 24.3 Å². The molecule has 3 rings (SSSR count). The third-order valence-corrected chi connectivity index (χ3v) is 4.03. The van der Waals surface area contributed by atoms with Crippen LogP contribution in [-0.4, -0.2) is 53.3 Å². The molecule has 1 saturated heterocycles. The summed E-state index contributed by atoms with van der Waals surface area (Å²) in [5.74, 6) is -2.29. The molecule has 0 aromatic heterocycles. The van der Waals surface area contributed by atoms with Crippen LogP contribution in [-0.2, 0) is 14.3 Å². The molecule has 2 aliphatic rings. The highest BCUT2D eigenvalue weighted by molar-refractivity contribution is 6.22. The molecular weight excluding hydrogens is 302 g/mol. The van der Waals surface area contributed by atoms with Crippen molar-refractivity contribution in [2.75, 3.05) is 13.2 Å². The molecule has 1 aromatic carbocycles. The maximum Gasteiger partial charge on any atom is 0.326 e. The van der Waals surface area contributed by atoms with E-state index in [0.29, 0.717) is 26.1 Å². The van der Waals surface area contributed by atoms with E-state index in [-0.39, 0.29) is 23.8 Å². The monoisotopic (exact) mass is 319 g/mol. The van der Waals surface area contributed by atoms with Crippen LogP contribution < -0.4 is 0 Å². The number of amides is 2. The van der Waals surface area contributed by atoms with Crippen LogP contribution >= 0.6 is 0 Å². The fraction of sp³-hybridized carbons (Fsp3) is 0.438. The van der Waals surface area contributed by atoms with Crippen LogP contribution in [0.4, 0.5) is 0 Å². The number of hydrogen-bond acceptors (Lipinski definition) is 5. The van der Waals surface area contributed by atoms with Gasteiger partial charge in [0.25, 0.3) is 11.8 Å². The van der Waals surface area contributed by atoms with Gasteiger partial charge >= 0.3 is 5.97 Å². The van der Waals surface area contributed by atoms with Gasteiger partial charge in [-0.25, -0.2) is 4.79 Å². The normalized spacial score (nSPS) is 19.2. The Morgan fingerprint density at radius 3 is 2.26 bits per heavy atom. The zero-order valence-corrected chi connectivity index (χ0v) is 12.4. The number of aliphatic carboxylic acids is 1. The second kappa shape index (κ2) is 6.47. The van der Waals surface area contributed by atoms with E-state index < -0.39 is 23.8 Å². The van der Waals surface area contributed by atoms with Gasteiger partial charge in [-0.3, -0.25) is 14.5 Å². The highest BCUT2D eigenvalue weighted by Crippen LogP contribution is 2.26.